The molecule has 0 spiro atoms. The van der Waals surface area contributed by atoms with Crippen molar-refractivity contribution in [1.82, 2.24) is 0 Å². The monoisotopic (exact) mass is 276 g/mol. The molecule has 1 aromatic carbocycles. The van der Waals surface area contributed by atoms with E-state index in [1.54, 1.807) is 37.3 Å². The number of carbonyl (C=O) groups is 1. The predicted octanol–water partition coefficient (Wildman–Crippen LogP) is 2.37. The molecule has 1 fully saturated rings. The van der Waals surface area contributed by atoms with Crippen LogP contribution in [0.4, 0.5) is 5.69 Å². The first-order valence-electron chi connectivity index (χ1n) is 6.22. The molecule has 1 unspecified atom stereocenters. The van der Waals surface area contributed by atoms with Crippen molar-refractivity contribution >= 4 is 11.6 Å². The number of azide groups is 1. The van der Waals surface area contributed by atoms with Gasteiger partial charge in [-0.25, -0.2) is 0 Å². The third kappa shape index (κ3) is 2.78. The molecule has 0 aromatic heterocycles. The number of methoxy groups -OCH3 is 2. The van der Waals surface area contributed by atoms with Crippen molar-refractivity contribution in [2.24, 2.45) is 11.0 Å². The molecule has 0 bridgehead atoms. The normalized spacial score (nSPS) is 17.8. The molecule has 20 heavy (non-hydrogen) atoms. The summed E-state index contributed by atoms with van der Waals surface area (Å²) in [5.41, 5.74) is 9.05. The minimum atomic E-state index is 0.00612. The molecule has 0 aliphatic carbocycles. The second-order valence-electron chi connectivity index (χ2n) is 4.53. The lowest BCUT2D eigenvalue weighted by molar-refractivity contribution is -0.117. The summed E-state index contributed by atoms with van der Waals surface area (Å²) in [4.78, 5) is 16.5. The molecule has 1 aliphatic heterocycles. The topological polar surface area (TPSA) is 87.5 Å². The highest BCUT2D eigenvalue weighted by Crippen LogP contribution is 2.35. The number of benzene rings is 1. The average Bonchev–Trinajstić information content (AvgIpc) is 2.85. The summed E-state index contributed by atoms with van der Waals surface area (Å²) in [6, 6.07) is 5.32. The van der Waals surface area contributed by atoms with Crippen molar-refractivity contribution in [3.63, 3.8) is 0 Å². The second kappa shape index (κ2) is 6.16. The summed E-state index contributed by atoms with van der Waals surface area (Å²) < 4.78 is 10.4. The molecule has 1 saturated heterocycles. The van der Waals surface area contributed by atoms with E-state index in [0.29, 0.717) is 36.7 Å². The molecular weight excluding hydrogens is 260 g/mol. The Morgan fingerprint density at radius 2 is 2.25 bits per heavy atom. The third-order valence-corrected chi connectivity index (χ3v) is 3.29. The number of nitrogens with zero attached hydrogens (tertiary/aromatic N) is 4. The quantitative estimate of drug-likeness (QED) is 0.470. The molecule has 2 rings (SSSR count). The van der Waals surface area contributed by atoms with Crippen LogP contribution in [0.3, 0.4) is 0 Å². The summed E-state index contributed by atoms with van der Waals surface area (Å²) in [5, 5.41) is 3.54. The van der Waals surface area contributed by atoms with Crippen LogP contribution < -0.4 is 14.4 Å². The Bertz CT molecular complexity index is 555. The third-order valence-electron chi connectivity index (χ3n) is 3.29. The first-order chi connectivity index (χ1) is 9.69. The zero-order valence-corrected chi connectivity index (χ0v) is 11.4. The smallest absolute Gasteiger partial charge is 0.227 e. The van der Waals surface area contributed by atoms with E-state index in [4.69, 9.17) is 15.0 Å². The van der Waals surface area contributed by atoms with Gasteiger partial charge in [-0.15, -0.1) is 0 Å². The molecule has 1 amide bonds. The van der Waals surface area contributed by atoms with E-state index in [2.05, 4.69) is 10.0 Å². The van der Waals surface area contributed by atoms with Gasteiger partial charge in [-0.3, -0.25) is 4.79 Å². The fourth-order valence-corrected chi connectivity index (χ4v) is 2.30. The number of hydrogen-bond acceptors (Lipinski definition) is 4. The zero-order valence-electron chi connectivity index (χ0n) is 11.4. The predicted molar refractivity (Wildman–Crippen MR) is 74.0 cm³/mol. The lowest BCUT2D eigenvalue weighted by Gasteiger charge is -2.20. The lowest BCUT2D eigenvalue weighted by Crippen LogP contribution is -2.25. The number of anilines is 1. The van der Waals surface area contributed by atoms with Crippen molar-refractivity contribution in [2.75, 3.05) is 32.2 Å². The van der Waals surface area contributed by atoms with Crippen molar-refractivity contribution in [3.05, 3.63) is 28.6 Å². The number of rotatable bonds is 5. The Hall–Kier alpha value is -2.40. The molecule has 0 saturated carbocycles. The van der Waals surface area contributed by atoms with Gasteiger partial charge in [0.2, 0.25) is 5.91 Å². The van der Waals surface area contributed by atoms with E-state index < -0.39 is 0 Å². The minimum absolute atomic E-state index is 0.00612. The molecule has 1 aliphatic rings. The summed E-state index contributed by atoms with van der Waals surface area (Å²) in [6.45, 7) is 0.859. The fourth-order valence-electron chi connectivity index (χ4n) is 2.30. The largest absolute Gasteiger partial charge is 0.497 e. The molecule has 1 heterocycles. The summed E-state index contributed by atoms with van der Waals surface area (Å²) >= 11 is 0. The first-order valence-corrected chi connectivity index (χ1v) is 6.22. The number of amides is 1. The Morgan fingerprint density at radius 3 is 2.90 bits per heavy atom. The van der Waals surface area contributed by atoms with Crippen molar-refractivity contribution in [1.29, 1.82) is 0 Å². The first kappa shape index (κ1) is 14.0. The van der Waals surface area contributed by atoms with Gasteiger partial charge in [0.1, 0.15) is 11.5 Å². The Labute approximate surface area is 116 Å². The molecule has 7 heteroatoms. The second-order valence-corrected chi connectivity index (χ2v) is 4.53. The Kier molecular flexibility index (Phi) is 4.32. The summed E-state index contributed by atoms with van der Waals surface area (Å²) in [7, 11) is 3.13. The van der Waals surface area contributed by atoms with Gasteiger partial charge >= 0.3 is 0 Å². The van der Waals surface area contributed by atoms with Gasteiger partial charge in [0, 0.05) is 30.5 Å². The van der Waals surface area contributed by atoms with Crippen LogP contribution in [-0.2, 0) is 4.79 Å². The number of hydrogen-bond donors (Lipinski definition) is 0. The maximum absolute atomic E-state index is 12.1. The maximum atomic E-state index is 12.1. The van der Waals surface area contributed by atoms with Crippen LogP contribution in [-0.4, -0.2) is 33.2 Å². The van der Waals surface area contributed by atoms with E-state index in [0.717, 1.165) is 0 Å². The van der Waals surface area contributed by atoms with Crippen LogP contribution in [0.5, 0.6) is 11.5 Å². The van der Waals surface area contributed by atoms with Gasteiger partial charge in [0.15, 0.2) is 0 Å². The summed E-state index contributed by atoms with van der Waals surface area (Å²) in [6.07, 6.45) is 0.383. The molecule has 0 N–H and O–H groups in total. The van der Waals surface area contributed by atoms with Crippen LogP contribution in [0.25, 0.3) is 10.4 Å². The van der Waals surface area contributed by atoms with Gasteiger partial charge < -0.3 is 14.4 Å². The van der Waals surface area contributed by atoms with E-state index >= 15 is 0 Å². The molecule has 1 atom stereocenters. The van der Waals surface area contributed by atoms with E-state index in [-0.39, 0.29) is 11.8 Å². The standard InChI is InChI=1S/C13H16N4O3/c1-19-10-3-4-11(12(6-10)20-2)17-8-9(5-13(17)18)7-15-16-14/h3-4,6,9H,5,7-8H2,1-2H3. The lowest BCUT2D eigenvalue weighted by atomic mass is 10.1. The van der Waals surface area contributed by atoms with Gasteiger partial charge in [-0.1, -0.05) is 5.11 Å². The van der Waals surface area contributed by atoms with Crippen LogP contribution in [0, 0.1) is 5.92 Å². The van der Waals surface area contributed by atoms with Crippen LogP contribution in [0.15, 0.2) is 23.3 Å². The van der Waals surface area contributed by atoms with Gasteiger partial charge in [0.05, 0.1) is 19.9 Å². The van der Waals surface area contributed by atoms with Crippen molar-refractivity contribution in [3.8, 4) is 11.5 Å². The molecule has 1 aromatic rings. The molecule has 106 valence electrons. The average molecular weight is 276 g/mol. The fraction of sp³-hybridized carbons (Fsp3) is 0.462. The highest BCUT2D eigenvalue weighted by atomic mass is 16.5. The summed E-state index contributed by atoms with van der Waals surface area (Å²) in [5.74, 6) is 1.31. The minimum Gasteiger partial charge on any atom is -0.497 e. The zero-order chi connectivity index (χ0) is 14.5. The van der Waals surface area contributed by atoms with Gasteiger partial charge in [-0.05, 0) is 23.6 Å². The van der Waals surface area contributed by atoms with Crippen LogP contribution >= 0.6 is 0 Å². The number of ether oxygens (including phenoxy) is 2. The van der Waals surface area contributed by atoms with E-state index in [1.807, 2.05) is 0 Å². The number of carbonyl (C=O) groups excluding carboxylic acids is 1. The van der Waals surface area contributed by atoms with Crippen molar-refractivity contribution < 1.29 is 14.3 Å². The Balaban J connectivity index is 2.23. The Morgan fingerprint density at radius 1 is 1.45 bits per heavy atom. The van der Waals surface area contributed by atoms with Crippen molar-refractivity contribution in [2.45, 2.75) is 6.42 Å². The van der Waals surface area contributed by atoms with Crippen LogP contribution in [0.2, 0.25) is 0 Å². The molecule has 7 nitrogen and oxygen atoms in total. The van der Waals surface area contributed by atoms with Gasteiger partial charge in [0.25, 0.3) is 0 Å². The molecule has 0 radical (unpaired) electrons. The van der Waals surface area contributed by atoms with E-state index in [9.17, 15) is 4.79 Å². The van der Waals surface area contributed by atoms with E-state index in [1.165, 1.54) is 0 Å². The van der Waals surface area contributed by atoms with Gasteiger partial charge in [-0.2, -0.15) is 0 Å². The maximum Gasteiger partial charge on any atom is 0.227 e. The SMILES string of the molecule is COc1ccc(N2CC(CN=[N+]=[N-])CC2=O)c(OC)c1. The highest BCUT2D eigenvalue weighted by molar-refractivity contribution is 5.97. The van der Waals surface area contributed by atoms with Crippen LogP contribution in [0.1, 0.15) is 6.42 Å². The molecular formula is C13H16N4O3. The highest BCUT2D eigenvalue weighted by Gasteiger charge is 2.31.